The van der Waals surface area contributed by atoms with Gasteiger partial charge in [0.2, 0.25) is 0 Å². The first-order valence-corrected chi connectivity index (χ1v) is 4.19. The van der Waals surface area contributed by atoms with Gasteiger partial charge in [-0.3, -0.25) is 0 Å². The molecule has 0 radical (unpaired) electrons. The van der Waals surface area contributed by atoms with Gasteiger partial charge < -0.3 is 15.3 Å². The van der Waals surface area contributed by atoms with Gasteiger partial charge in [0.05, 0.1) is 6.10 Å². The Balaban J connectivity index is 2.50. The van der Waals surface area contributed by atoms with E-state index in [1.807, 2.05) is 6.92 Å². The second-order valence-electron chi connectivity index (χ2n) is 3.37. The van der Waals surface area contributed by atoms with Crippen LogP contribution < -0.4 is 0 Å². The summed E-state index contributed by atoms with van der Waals surface area (Å²) in [4.78, 5) is 0. The summed E-state index contributed by atoms with van der Waals surface area (Å²) in [7, 11) is 0. The molecule has 0 unspecified atom stereocenters. The van der Waals surface area contributed by atoms with E-state index in [-0.39, 0.29) is 17.9 Å². The van der Waals surface area contributed by atoms with Crippen molar-refractivity contribution in [2.45, 2.75) is 38.6 Å². The Labute approximate surface area is 66.7 Å². The highest BCUT2D eigenvalue weighted by Gasteiger charge is 2.35. The number of aliphatic hydroxyl groups excluding tert-OH is 2. The molecule has 0 saturated heterocycles. The van der Waals surface area contributed by atoms with E-state index in [0.29, 0.717) is 6.42 Å². The molecule has 0 aromatic carbocycles. The van der Waals surface area contributed by atoms with Gasteiger partial charge in [0.1, 0.15) is 0 Å². The molecule has 0 amide bonds. The molecule has 3 atom stereocenters. The molecule has 3 heteroatoms. The van der Waals surface area contributed by atoms with Crippen LogP contribution >= 0.6 is 0 Å². The van der Waals surface area contributed by atoms with Crippen molar-refractivity contribution in [3.8, 4) is 0 Å². The third-order valence-corrected chi connectivity index (χ3v) is 2.63. The molecule has 1 saturated carbocycles. The molecule has 1 fully saturated rings. The number of hydrogen-bond acceptors (Lipinski definition) is 3. The highest BCUT2D eigenvalue weighted by Crippen LogP contribution is 2.35. The van der Waals surface area contributed by atoms with Crippen molar-refractivity contribution in [1.82, 2.24) is 0 Å². The third-order valence-electron chi connectivity index (χ3n) is 2.63. The highest BCUT2D eigenvalue weighted by atomic mass is 16.5. The van der Waals surface area contributed by atoms with Crippen LogP contribution in [0.5, 0.6) is 0 Å². The van der Waals surface area contributed by atoms with Crippen molar-refractivity contribution in [2.24, 2.45) is 11.8 Å². The molecule has 0 aliphatic heterocycles. The molecular formula is C8H16O3. The van der Waals surface area contributed by atoms with Crippen LogP contribution in [-0.4, -0.2) is 27.7 Å². The average molecular weight is 160 g/mol. The van der Waals surface area contributed by atoms with Crippen molar-refractivity contribution in [3.63, 3.8) is 0 Å². The van der Waals surface area contributed by atoms with E-state index >= 15 is 0 Å². The first-order chi connectivity index (χ1) is 5.15. The van der Waals surface area contributed by atoms with Gasteiger partial charge >= 0.3 is 0 Å². The SMILES string of the molecule is CC[C@@H]1C[C@H](O)C[C@@H]1C(O)O. The Morgan fingerprint density at radius 3 is 2.36 bits per heavy atom. The van der Waals surface area contributed by atoms with Gasteiger partial charge in [-0.2, -0.15) is 0 Å². The maximum Gasteiger partial charge on any atom is 0.154 e. The van der Waals surface area contributed by atoms with Crippen molar-refractivity contribution in [2.75, 3.05) is 0 Å². The molecule has 66 valence electrons. The van der Waals surface area contributed by atoms with Crippen LogP contribution in [0.2, 0.25) is 0 Å². The summed E-state index contributed by atoms with van der Waals surface area (Å²) in [5.74, 6) is 0.167. The summed E-state index contributed by atoms with van der Waals surface area (Å²) >= 11 is 0. The lowest BCUT2D eigenvalue weighted by atomic mass is 9.93. The van der Waals surface area contributed by atoms with Crippen molar-refractivity contribution >= 4 is 0 Å². The fourth-order valence-corrected chi connectivity index (χ4v) is 1.96. The van der Waals surface area contributed by atoms with Gasteiger partial charge in [-0.05, 0) is 18.8 Å². The molecule has 0 spiro atoms. The van der Waals surface area contributed by atoms with E-state index in [1.54, 1.807) is 0 Å². The molecule has 11 heavy (non-hydrogen) atoms. The topological polar surface area (TPSA) is 60.7 Å². The molecule has 1 aliphatic carbocycles. The van der Waals surface area contributed by atoms with Gasteiger partial charge in [0.25, 0.3) is 0 Å². The third kappa shape index (κ3) is 1.92. The van der Waals surface area contributed by atoms with Crippen LogP contribution in [0.1, 0.15) is 26.2 Å². The summed E-state index contributed by atoms with van der Waals surface area (Å²) in [5.41, 5.74) is 0. The van der Waals surface area contributed by atoms with Crippen molar-refractivity contribution < 1.29 is 15.3 Å². The zero-order valence-corrected chi connectivity index (χ0v) is 6.77. The summed E-state index contributed by atoms with van der Waals surface area (Å²) in [6.45, 7) is 2.01. The Bertz CT molecular complexity index is 125. The van der Waals surface area contributed by atoms with E-state index in [9.17, 15) is 5.11 Å². The van der Waals surface area contributed by atoms with Crippen LogP contribution in [0.25, 0.3) is 0 Å². The maximum atomic E-state index is 9.23. The van der Waals surface area contributed by atoms with E-state index in [4.69, 9.17) is 10.2 Å². The molecule has 1 aliphatic rings. The van der Waals surface area contributed by atoms with Crippen molar-refractivity contribution in [1.29, 1.82) is 0 Å². The van der Waals surface area contributed by atoms with Gasteiger partial charge in [-0.15, -0.1) is 0 Å². The van der Waals surface area contributed by atoms with Gasteiger partial charge in [-0.25, -0.2) is 0 Å². The van der Waals surface area contributed by atoms with E-state index in [1.165, 1.54) is 0 Å². The molecular weight excluding hydrogens is 144 g/mol. The van der Waals surface area contributed by atoms with Gasteiger partial charge in [0.15, 0.2) is 6.29 Å². The molecule has 0 heterocycles. The predicted octanol–water partition coefficient (Wildman–Crippen LogP) is 0.0942. The monoisotopic (exact) mass is 160 g/mol. The minimum absolute atomic E-state index is 0.116. The van der Waals surface area contributed by atoms with Gasteiger partial charge in [-0.1, -0.05) is 13.3 Å². The molecule has 0 aromatic rings. The predicted molar refractivity (Wildman–Crippen MR) is 40.7 cm³/mol. The smallest absolute Gasteiger partial charge is 0.154 e. The zero-order chi connectivity index (χ0) is 8.43. The van der Waals surface area contributed by atoms with E-state index in [0.717, 1.165) is 12.8 Å². The summed E-state index contributed by atoms with van der Waals surface area (Å²) in [5, 5.41) is 27.1. The fraction of sp³-hybridized carbons (Fsp3) is 1.00. The molecule has 3 N–H and O–H groups in total. The largest absolute Gasteiger partial charge is 0.393 e. The van der Waals surface area contributed by atoms with Gasteiger partial charge in [0, 0.05) is 5.92 Å². The number of aliphatic hydroxyl groups is 3. The zero-order valence-electron chi connectivity index (χ0n) is 6.77. The minimum atomic E-state index is -1.25. The number of rotatable bonds is 2. The Morgan fingerprint density at radius 2 is 2.00 bits per heavy atom. The molecule has 1 rings (SSSR count). The summed E-state index contributed by atoms with van der Waals surface area (Å²) in [6, 6.07) is 0. The van der Waals surface area contributed by atoms with Crippen LogP contribution in [0.15, 0.2) is 0 Å². The van der Waals surface area contributed by atoms with E-state index in [2.05, 4.69) is 0 Å². The standard InChI is InChI=1S/C8H16O3/c1-2-5-3-6(9)4-7(5)8(10)11/h5-11H,2-4H2,1H3/t5-,6+,7+/m1/s1. The van der Waals surface area contributed by atoms with Crippen LogP contribution in [0.4, 0.5) is 0 Å². The maximum absolute atomic E-state index is 9.23. The van der Waals surface area contributed by atoms with E-state index < -0.39 is 6.29 Å². The first kappa shape index (κ1) is 8.97. The molecule has 0 aromatic heterocycles. The Morgan fingerprint density at radius 1 is 1.36 bits per heavy atom. The first-order valence-electron chi connectivity index (χ1n) is 4.19. The minimum Gasteiger partial charge on any atom is -0.393 e. The van der Waals surface area contributed by atoms with Crippen LogP contribution in [-0.2, 0) is 0 Å². The summed E-state index contributed by atoms with van der Waals surface area (Å²) in [6.07, 6.45) is 0.595. The second-order valence-corrected chi connectivity index (χ2v) is 3.37. The average Bonchev–Trinajstić information content (AvgIpc) is 2.30. The normalized spacial score (nSPS) is 38.5. The second kappa shape index (κ2) is 3.52. The summed E-state index contributed by atoms with van der Waals surface area (Å²) < 4.78 is 0. The highest BCUT2D eigenvalue weighted by molar-refractivity contribution is 4.83. The Kier molecular flexibility index (Phi) is 2.87. The van der Waals surface area contributed by atoms with Crippen LogP contribution in [0.3, 0.4) is 0 Å². The number of hydrogen-bond donors (Lipinski definition) is 3. The lowest BCUT2D eigenvalue weighted by molar-refractivity contribution is -0.0956. The van der Waals surface area contributed by atoms with Crippen LogP contribution in [0, 0.1) is 11.8 Å². The lowest BCUT2D eigenvalue weighted by Gasteiger charge is -2.18. The fourth-order valence-electron chi connectivity index (χ4n) is 1.96. The van der Waals surface area contributed by atoms with Crippen molar-refractivity contribution in [3.05, 3.63) is 0 Å². The molecule has 3 nitrogen and oxygen atoms in total. The quantitative estimate of drug-likeness (QED) is 0.502. The Hall–Kier alpha value is -0.120. The molecule has 0 bridgehead atoms. The lowest BCUT2D eigenvalue weighted by Crippen LogP contribution is -2.22.